The Morgan fingerprint density at radius 2 is 1.89 bits per heavy atom. The number of rotatable bonds is 5. The Balaban J connectivity index is 1.59. The van der Waals surface area contributed by atoms with Gasteiger partial charge in [0, 0.05) is 37.7 Å². The number of ether oxygens (including phenoxy) is 1. The normalized spacial score (nSPS) is 14.8. The average molecular weight is 402 g/mol. The molecule has 0 spiro atoms. The van der Waals surface area contributed by atoms with E-state index in [2.05, 4.69) is 16.0 Å². The van der Waals surface area contributed by atoms with Gasteiger partial charge in [-0.25, -0.2) is 9.78 Å². The number of carbonyl (C=O) groups is 2. The maximum Gasteiger partial charge on any atom is 0.339 e. The summed E-state index contributed by atoms with van der Waals surface area (Å²) in [4.78, 5) is 33.1. The number of piperazine rings is 1. The summed E-state index contributed by atoms with van der Waals surface area (Å²) in [5.74, 6) is -0.526. The summed E-state index contributed by atoms with van der Waals surface area (Å²) in [6.45, 7) is 7.44. The highest BCUT2D eigenvalue weighted by Crippen LogP contribution is 2.16. The molecule has 1 aliphatic rings. The second-order valence-corrected chi connectivity index (χ2v) is 7.18. The van der Waals surface area contributed by atoms with Crippen LogP contribution in [0.15, 0.2) is 36.4 Å². The third-order valence-corrected chi connectivity index (χ3v) is 4.99. The first-order valence-electron chi connectivity index (χ1n) is 9.38. The summed E-state index contributed by atoms with van der Waals surface area (Å²) in [5, 5.41) is 0.735. The molecule has 0 aliphatic carbocycles. The summed E-state index contributed by atoms with van der Waals surface area (Å²) in [7, 11) is 0. The molecule has 3 rings (SSSR count). The van der Waals surface area contributed by atoms with Gasteiger partial charge in [-0.05, 0) is 43.7 Å². The van der Waals surface area contributed by atoms with Crippen LogP contribution in [0.2, 0.25) is 5.02 Å². The molecule has 1 saturated heterocycles. The van der Waals surface area contributed by atoms with E-state index in [1.165, 1.54) is 5.56 Å². The van der Waals surface area contributed by atoms with E-state index in [0.29, 0.717) is 36.6 Å². The van der Waals surface area contributed by atoms with Crippen LogP contribution in [-0.4, -0.2) is 59.4 Å². The molecule has 1 fully saturated rings. The molecule has 1 amide bonds. The van der Waals surface area contributed by atoms with Gasteiger partial charge in [0.15, 0.2) is 0 Å². The third kappa shape index (κ3) is 4.88. The Morgan fingerprint density at radius 1 is 1.14 bits per heavy atom. The number of esters is 1. The molecule has 7 heteroatoms. The molecular weight excluding hydrogens is 378 g/mol. The predicted molar refractivity (Wildman–Crippen MR) is 108 cm³/mol. The predicted octanol–water partition coefficient (Wildman–Crippen LogP) is 3.18. The van der Waals surface area contributed by atoms with Gasteiger partial charge in [-0.15, -0.1) is 0 Å². The van der Waals surface area contributed by atoms with E-state index in [4.69, 9.17) is 16.3 Å². The van der Waals surface area contributed by atoms with Crippen LogP contribution in [0.5, 0.6) is 0 Å². The van der Waals surface area contributed by atoms with Crippen molar-refractivity contribution in [3.05, 3.63) is 63.9 Å². The molecule has 1 aromatic carbocycles. The first-order valence-corrected chi connectivity index (χ1v) is 9.76. The number of benzene rings is 1. The monoisotopic (exact) mass is 401 g/mol. The lowest BCUT2D eigenvalue weighted by Gasteiger charge is -2.34. The van der Waals surface area contributed by atoms with Gasteiger partial charge in [0.2, 0.25) is 0 Å². The molecule has 0 radical (unpaired) electrons. The number of nitrogens with zero attached hydrogens (tertiary/aromatic N) is 3. The Bertz CT molecular complexity index is 864. The molecule has 0 bridgehead atoms. The fraction of sp³-hybridized carbons (Fsp3) is 0.381. The van der Waals surface area contributed by atoms with Gasteiger partial charge in [-0.3, -0.25) is 9.69 Å². The summed E-state index contributed by atoms with van der Waals surface area (Å²) in [6.07, 6.45) is 0. The van der Waals surface area contributed by atoms with E-state index >= 15 is 0 Å². The largest absolute Gasteiger partial charge is 0.462 e. The lowest BCUT2D eigenvalue weighted by Crippen LogP contribution is -2.48. The van der Waals surface area contributed by atoms with Crippen molar-refractivity contribution in [1.29, 1.82) is 0 Å². The molecule has 6 nitrogen and oxygen atoms in total. The van der Waals surface area contributed by atoms with Crippen molar-refractivity contribution in [2.24, 2.45) is 0 Å². The van der Waals surface area contributed by atoms with Crippen LogP contribution in [-0.2, 0) is 11.3 Å². The van der Waals surface area contributed by atoms with Crippen molar-refractivity contribution >= 4 is 23.5 Å². The van der Waals surface area contributed by atoms with Crippen LogP contribution in [0.3, 0.4) is 0 Å². The summed E-state index contributed by atoms with van der Waals surface area (Å²) in [5.41, 5.74) is 2.42. The Morgan fingerprint density at radius 3 is 2.54 bits per heavy atom. The molecule has 2 aromatic rings. The Labute approximate surface area is 170 Å². The molecule has 2 heterocycles. The molecule has 148 valence electrons. The highest BCUT2D eigenvalue weighted by atomic mass is 35.5. The smallest absolute Gasteiger partial charge is 0.339 e. The minimum absolute atomic E-state index is 0.110. The van der Waals surface area contributed by atoms with Gasteiger partial charge in [-0.1, -0.05) is 23.7 Å². The topological polar surface area (TPSA) is 62.7 Å². The first kappa shape index (κ1) is 20.3. The lowest BCUT2D eigenvalue weighted by atomic mass is 10.1. The number of halogens is 1. The third-order valence-electron chi connectivity index (χ3n) is 4.75. The molecule has 0 N–H and O–H groups in total. The maximum absolute atomic E-state index is 12.8. The molecular formula is C21H24ClN3O3. The van der Waals surface area contributed by atoms with Crippen LogP contribution in [0.4, 0.5) is 0 Å². The quantitative estimate of drug-likeness (QED) is 0.720. The van der Waals surface area contributed by atoms with Gasteiger partial charge in [0.05, 0.1) is 17.9 Å². The molecule has 28 heavy (non-hydrogen) atoms. The molecule has 1 aliphatic heterocycles. The summed E-state index contributed by atoms with van der Waals surface area (Å²) >= 11 is 6.05. The fourth-order valence-electron chi connectivity index (χ4n) is 3.27. The van der Waals surface area contributed by atoms with E-state index in [1.54, 1.807) is 30.9 Å². The summed E-state index contributed by atoms with van der Waals surface area (Å²) < 4.78 is 5.01. The van der Waals surface area contributed by atoms with Gasteiger partial charge in [0.1, 0.15) is 5.69 Å². The van der Waals surface area contributed by atoms with E-state index < -0.39 is 5.97 Å². The van der Waals surface area contributed by atoms with Crippen LogP contribution >= 0.6 is 11.6 Å². The van der Waals surface area contributed by atoms with Crippen LogP contribution in [0.25, 0.3) is 0 Å². The zero-order valence-corrected chi connectivity index (χ0v) is 16.9. The maximum atomic E-state index is 12.8. The minimum atomic E-state index is -0.416. The van der Waals surface area contributed by atoms with Crippen molar-refractivity contribution in [3.8, 4) is 0 Å². The van der Waals surface area contributed by atoms with Gasteiger partial charge in [0.25, 0.3) is 5.91 Å². The Hall–Kier alpha value is -2.44. The highest BCUT2D eigenvalue weighted by molar-refractivity contribution is 6.30. The zero-order chi connectivity index (χ0) is 20.1. The number of hydrogen-bond donors (Lipinski definition) is 0. The lowest BCUT2D eigenvalue weighted by molar-refractivity contribution is 0.0522. The average Bonchev–Trinajstić information content (AvgIpc) is 2.68. The Kier molecular flexibility index (Phi) is 6.65. The zero-order valence-electron chi connectivity index (χ0n) is 16.2. The van der Waals surface area contributed by atoms with Crippen LogP contribution < -0.4 is 0 Å². The van der Waals surface area contributed by atoms with Crippen LogP contribution in [0, 0.1) is 6.92 Å². The van der Waals surface area contributed by atoms with Gasteiger partial charge < -0.3 is 9.64 Å². The van der Waals surface area contributed by atoms with Crippen molar-refractivity contribution < 1.29 is 14.3 Å². The van der Waals surface area contributed by atoms with E-state index in [1.807, 2.05) is 18.2 Å². The second kappa shape index (κ2) is 9.17. The minimum Gasteiger partial charge on any atom is -0.462 e. The van der Waals surface area contributed by atoms with E-state index in [9.17, 15) is 9.59 Å². The van der Waals surface area contributed by atoms with E-state index in [-0.39, 0.29) is 5.91 Å². The van der Waals surface area contributed by atoms with Crippen molar-refractivity contribution in [3.63, 3.8) is 0 Å². The van der Waals surface area contributed by atoms with E-state index in [0.717, 1.165) is 24.7 Å². The first-order chi connectivity index (χ1) is 13.5. The molecule has 0 saturated carbocycles. The SMILES string of the molecule is CCOC(=O)c1ccc(C(=O)N2CCN(Cc3cccc(Cl)c3)CC2)nc1C. The number of aromatic nitrogens is 1. The molecule has 1 aromatic heterocycles. The number of amides is 1. The standard InChI is InChI=1S/C21H24ClN3O3/c1-3-28-21(27)18-7-8-19(23-15(18)2)20(26)25-11-9-24(10-12-25)14-16-5-4-6-17(22)13-16/h4-8,13H,3,9-12,14H2,1-2H3. The van der Waals surface area contributed by atoms with Crippen molar-refractivity contribution in [2.75, 3.05) is 32.8 Å². The number of aryl methyl sites for hydroxylation is 1. The summed E-state index contributed by atoms with van der Waals surface area (Å²) in [6, 6.07) is 11.1. The van der Waals surface area contributed by atoms with Crippen LogP contribution in [0.1, 0.15) is 39.0 Å². The number of carbonyl (C=O) groups excluding carboxylic acids is 2. The van der Waals surface area contributed by atoms with Crippen molar-refractivity contribution in [1.82, 2.24) is 14.8 Å². The molecule has 0 unspecified atom stereocenters. The number of pyridine rings is 1. The van der Waals surface area contributed by atoms with Gasteiger partial charge in [-0.2, -0.15) is 0 Å². The fourth-order valence-corrected chi connectivity index (χ4v) is 3.48. The number of hydrogen-bond acceptors (Lipinski definition) is 5. The van der Waals surface area contributed by atoms with Gasteiger partial charge >= 0.3 is 5.97 Å². The highest BCUT2D eigenvalue weighted by Gasteiger charge is 2.24. The molecule has 0 atom stereocenters. The second-order valence-electron chi connectivity index (χ2n) is 6.75. The van der Waals surface area contributed by atoms with Crippen molar-refractivity contribution in [2.45, 2.75) is 20.4 Å².